The molecule has 3 aromatic heterocycles. The first-order valence-electron chi connectivity index (χ1n) is 30.2. The number of halogens is 2. The Kier molecular flexibility index (Phi) is 23.1. The summed E-state index contributed by atoms with van der Waals surface area (Å²) in [4.78, 5) is 62.1. The number of sulfonamides is 2. The summed E-state index contributed by atoms with van der Waals surface area (Å²) in [6.45, 7) is 7.05. The molecule has 3 fully saturated rings. The minimum Gasteiger partial charge on any atom is -0.462 e. The zero-order valence-electron chi connectivity index (χ0n) is 50.7. The van der Waals surface area contributed by atoms with Crippen molar-refractivity contribution < 1.29 is 45.8 Å². The third-order valence-electron chi connectivity index (χ3n) is 17.1. The Morgan fingerprint density at radius 2 is 0.758 bits per heavy atom. The van der Waals surface area contributed by atoms with E-state index < -0.39 is 38.4 Å². The molecule has 0 aliphatic carbocycles. The Bertz CT molecular complexity index is 3900. The Morgan fingerprint density at radius 1 is 0.462 bits per heavy atom. The summed E-state index contributed by atoms with van der Waals surface area (Å²) < 4.78 is 65.7. The molecule has 23 heteroatoms. The maximum atomic E-state index is 13.2. The number of esters is 2. The summed E-state index contributed by atoms with van der Waals surface area (Å²) in [5.74, 6) is 0.693. The van der Waals surface area contributed by atoms with Gasteiger partial charge in [0.25, 0.3) is 0 Å². The Labute approximate surface area is 541 Å². The topological polar surface area (TPSA) is 254 Å². The smallest absolute Gasteiger partial charge is 0.341 e. The summed E-state index contributed by atoms with van der Waals surface area (Å²) >= 11 is 11.8. The number of carbonyl (C=O) groups is 3. The maximum Gasteiger partial charge on any atom is 0.341 e. The first kappa shape index (κ1) is 67.7. The van der Waals surface area contributed by atoms with E-state index in [0.29, 0.717) is 104 Å². The van der Waals surface area contributed by atoms with Crippen LogP contribution in [0.3, 0.4) is 0 Å². The number of aliphatic hydroxyl groups excluding tert-OH is 1. The van der Waals surface area contributed by atoms with E-state index in [4.69, 9.17) is 37.8 Å². The molecular formula is C68H73Cl2N9O10S2. The quantitative estimate of drug-likeness (QED) is 0.0564. The maximum absolute atomic E-state index is 13.2. The summed E-state index contributed by atoms with van der Waals surface area (Å²) in [5.41, 5.74) is 3.93. The Hall–Kier alpha value is -7.73. The minimum absolute atomic E-state index is 0.0535. The van der Waals surface area contributed by atoms with Gasteiger partial charge < -0.3 is 19.9 Å². The van der Waals surface area contributed by atoms with Crippen LogP contribution in [-0.2, 0) is 65.0 Å². The lowest BCUT2D eigenvalue weighted by Crippen LogP contribution is -2.46. The fourth-order valence-electron chi connectivity index (χ4n) is 11.9. The fourth-order valence-corrected chi connectivity index (χ4v) is 15.1. The average Bonchev–Trinajstić information content (AvgIpc) is 1.02. The average molecular weight is 1310 g/mol. The van der Waals surface area contributed by atoms with E-state index in [-0.39, 0.29) is 44.2 Å². The summed E-state index contributed by atoms with van der Waals surface area (Å²) in [6.07, 6.45) is 15.3. The minimum atomic E-state index is -3.62. The number of hydrogen-bond acceptors (Lipinski definition) is 17. The summed E-state index contributed by atoms with van der Waals surface area (Å²) in [5, 5.41) is 13.4. The lowest BCUT2D eigenvalue weighted by atomic mass is 9.70. The Balaban J connectivity index is 0.000000164. The molecule has 0 amide bonds. The molecule has 5 aromatic carbocycles. The van der Waals surface area contributed by atoms with Crippen molar-refractivity contribution >= 4 is 61.0 Å². The van der Waals surface area contributed by atoms with Crippen molar-refractivity contribution in [2.45, 2.75) is 97.7 Å². The van der Waals surface area contributed by atoms with Gasteiger partial charge in [-0.15, -0.1) is 0 Å². The highest BCUT2D eigenvalue weighted by molar-refractivity contribution is 7.89. The van der Waals surface area contributed by atoms with E-state index in [1.807, 2.05) is 54.6 Å². The molecule has 8 aromatic rings. The van der Waals surface area contributed by atoms with Gasteiger partial charge in [-0.3, -0.25) is 4.79 Å². The van der Waals surface area contributed by atoms with Gasteiger partial charge in [-0.25, -0.2) is 56.3 Å². The van der Waals surface area contributed by atoms with Crippen molar-refractivity contribution in [3.05, 3.63) is 238 Å². The predicted molar refractivity (Wildman–Crippen MR) is 346 cm³/mol. The van der Waals surface area contributed by atoms with Crippen LogP contribution in [0.5, 0.6) is 0 Å². The van der Waals surface area contributed by atoms with Gasteiger partial charge in [0.1, 0.15) is 24.1 Å². The van der Waals surface area contributed by atoms with E-state index in [0.717, 1.165) is 49.3 Å². The second-order valence-corrected chi connectivity index (χ2v) is 27.4. The van der Waals surface area contributed by atoms with Gasteiger partial charge in [0.2, 0.25) is 20.0 Å². The van der Waals surface area contributed by atoms with Crippen molar-refractivity contribution in [1.29, 1.82) is 0 Å². The zero-order valence-corrected chi connectivity index (χ0v) is 53.9. The molecule has 19 nitrogen and oxygen atoms in total. The molecule has 2 N–H and O–H groups in total. The van der Waals surface area contributed by atoms with Crippen LogP contribution in [0.1, 0.15) is 118 Å². The third-order valence-corrected chi connectivity index (χ3v) is 21.4. The number of Topliss-reactive ketones (excluding diaryl/α,β-unsaturated/α-hetero) is 1. The van der Waals surface area contributed by atoms with Gasteiger partial charge >= 0.3 is 11.9 Å². The van der Waals surface area contributed by atoms with Crippen LogP contribution >= 0.6 is 23.2 Å². The molecule has 0 bridgehead atoms. The van der Waals surface area contributed by atoms with Gasteiger partial charge in [0.15, 0.2) is 5.78 Å². The number of rotatable bonds is 19. The highest BCUT2D eigenvalue weighted by Crippen LogP contribution is 2.42. The van der Waals surface area contributed by atoms with E-state index in [9.17, 15) is 31.2 Å². The number of ether oxygens (including phenoxy) is 2. The number of carbonyl (C=O) groups excluding carboxylic acids is 3. The van der Waals surface area contributed by atoms with Gasteiger partial charge in [-0.05, 0) is 131 Å². The van der Waals surface area contributed by atoms with Gasteiger partial charge in [0, 0.05) is 109 Å². The number of ketones is 1. The highest BCUT2D eigenvalue weighted by atomic mass is 35.5. The molecule has 3 aliphatic rings. The molecule has 0 saturated carbocycles. The number of nitrogens with one attached hydrogen (secondary N) is 1. The lowest BCUT2D eigenvalue weighted by Gasteiger charge is -2.41. The molecule has 6 heterocycles. The van der Waals surface area contributed by atoms with E-state index >= 15 is 0 Å². The molecule has 3 aliphatic heterocycles. The van der Waals surface area contributed by atoms with Crippen LogP contribution in [0.25, 0.3) is 0 Å². The largest absolute Gasteiger partial charge is 0.462 e. The van der Waals surface area contributed by atoms with E-state index in [1.165, 1.54) is 63.2 Å². The van der Waals surface area contributed by atoms with Gasteiger partial charge in [-0.2, -0.15) is 8.61 Å². The van der Waals surface area contributed by atoms with Crippen LogP contribution in [0.4, 0.5) is 0 Å². The molecule has 0 atom stereocenters. The molecule has 11 rings (SSSR count). The van der Waals surface area contributed by atoms with Crippen molar-refractivity contribution in [1.82, 2.24) is 43.8 Å². The Morgan fingerprint density at radius 3 is 1.05 bits per heavy atom. The number of hydrogen-bond donors (Lipinski definition) is 2. The number of aliphatic hydroxyl groups is 1. The molecule has 3 saturated heterocycles. The number of aromatic nitrogens is 6. The summed E-state index contributed by atoms with van der Waals surface area (Å²) in [7, 11) is -7.23. The number of nitrogens with zero attached hydrogens (tertiary/aromatic N) is 8. The summed E-state index contributed by atoms with van der Waals surface area (Å²) in [6, 6.07) is 43.1. The van der Waals surface area contributed by atoms with Crippen LogP contribution in [0.2, 0.25) is 10.0 Å². The van der Waals surface area contributed by atoms with Crippen molar-refractivity contribution in [3.8, 4) is 0 Å². The van der Waals surface area contributed by atoms with Gasteiger partial charge in [0.05, 0.1) is 39.7 Å². The fraction of sp³-hybridized carbons (Fsp3) is 0.338. The number of benzene rings is 5. The van der Waals surface area contributed by atoms with E-state index in [2.05, 4.69) is 71.6 Å². The first-order valence-corrected chi connectivity index (χ1v) is 33.8. The van der Waals surface area contributed by atoms with E-state index in [1.54, 1.807) is 50.5 Å². The normalized spacial score (nSPS) is 16.4. The highest BCUT2D eigenvalue weighted by Gasteiger charge is 2.43. The zero-order chi connectivity index (χ0) is 64.5. The van der Waals surface area contributed by atoms with Crippen LogP contribution < -0.4 is 5.32 Å². The first-order chi connectivity index (χ1) is 43.9. The molecule has 476 valence electrons. The molecule has 91 heavy (non-hydrogen) atoms. The van der Waals surface area contributed by atoms with Crippen molar-refractivity contribution in [2.75, 3.05) is 59.1 Å². The van der Waals surface area contributed by atoms with Crippen molar-refractivity contribution in [3.63, 3.8) is 0 Å². The molecule has 0 radical (unpaired) electrons. The third kappa shape index (κ3) is 16.9. The van der Waals surface area contributed by atoms with Gasteiger partial charge in [-0.1, -0.05) is 114 Å². The molecular weight excluding hydrogens is 1240 g/mol. The van der Waals surface area contributed by atoms with Crippen LogP contribution in [-0.4, -0.2) is 137 Å². The van der Waals surface area contributed by atoms with Crippen LogP contribution in [0.15, 0.2) is 186 Å². The second-order valence-electron chi connectivity index (χ2n) is 22.6. The molecule has 0 spiro atoms. The standard InChI is InChI=1S/C25H26ClN3O4S.C24H24ClN3O4S.C19H23N3O2/c1-2-33-24(30)19-17-27-23(28-18-19)16-25(20-6-4-3-5-7-20)12-14-29(15-13-25)34(31,32)22-10-8-21(26)9-11-22;25-20-6-8-21(9-7-20)33(31,32)28-12-10-24(11-13-28,19-4-2-1-3-5-19)14-23-26-15-18(16-27-23)22(30)17-29;1-2-24-18(23)15-13-21-17(22-14-15)12-19(8-10-20-11-9-19)16-6-4-3-5-7-16/h3-11,17-18H,2,12-16H2,1H3;1-9,15-16,29H,10-14,17H2;3-7,13-14,20H,2,8-12H2,1H3. The molecule has 0 unspecified atom stereocenters. The number of piperidine rings is 3. The van der Waals surface area contributed by atoms with Crippen molar-refractivity contribution in [2.24, 2.45) is 0 Å². The second kappa shape index (κ2) is 31.1. The lowest BCUT2D eigenvalue weighted by molar-refractivity contribution is 0.0515. The SMILES string of the molecule is CCOC(=O)c1cnc(CC2(c3ccccc3)CCN(S(=O)(=O)c3ccc(Cl)cc3)CC2)nc1.CCOC(=O)c1cnc(CC2(c3ccccc3)CCNCC2)nc1.O=C(CO)c1cnc(CC2(c3ccccc3)CCN(S(=O)(=O)c3ccc(Cl)cc3)CC2)nc1. The predicted octanol–water partition coefficient (Wildman–Crippen LogP) is 10.1. The van der Waals surface area contributed by atoms with Crippen LogP contribution in [0, 0.1) is 0 Å². The monoisotopic (exact) mass is 1310 g/mol.